The van der Waals surface area contributed by atoms with E-state index in [4.69, 9.17) is 4.74 Å². The van der Waals surface area contributed by atoms with Gasteiger partial charge < -0.3 is 10.2 Å². The Morgan fingerprint density at radius 3 is 2.60 bits per heavy atom. The lowest BCUT2D eigenvalue weighted by atomic mass is 10.4. The maximum Gasteiger partial charge on any atom is 0.135 e. The van der Waals surface area contributed by atoms with Crippen LogP contribution >= 0.6 is 0 Å². The largest absolute Gasteiger partial charge is 0.495 e. The summed E-state index contributed by atoms with van der Waals surface area (Å²) in [5.41, 5.74) is 5.55. The van der Waals surface area contributed by atoms with Crippen molar-refractivity contribution in [3.05, 3.63) is 24.1 Å². The Morgan fingerprint density at radius 2 is 2.20 bits per heavy atom. The first-order chi connectivity index (χ1) is 4.85. The van der Waals surface area contributed by atoms with Crippen LogP contribution in [0.15, 0.2) is 24.1 Å². The molecule has 0 heterocycles. The zero-order chi connectivity index (χ0) is 7.82. The summed E-state index contributed by atoms with van der Waals surface area (Å²) in [4.78, 5) is 0. The van der Waals surface area contributed by atoms with Gasteiger partial charge in [0.1, 0.15) is 5.76 Å². The van der Waals surface area contributed by atoms with Gasteiger partial charge in [0.05, 0.1) is 13.3 Å². The fourth-order valence-corrected chi connectivity index (χ4v) is 0.483. The lowest BCUT2D eigenvalue weighted by Crippen LogP contribution is -2.21. The number of nitrogens with one attached hydrogen (secondary N) is 2. The molecule has 2 N–H and O–H groups in total. The van der Waals surface area contributed by atoms with Gasteiger partial charge in [-0.1, -0.05) is 6.08 Å². The summed E-state index contributed by atoms with van der Waals surface area (Å²) in [5.74, 6) is 0.789. The van der Waals surface area contributed by atoms with Crippen molar-refractivity contribution in [3.63, 3.8) is 0 Å². The Hall–Kier alpha value is -0.960. The summed E-state index contributed by atoms with van der Waals surface area (Å²) in [6.07, 6.45) is 5.51. The van der Waals surface area contributed by atoms with Gasteiger partial charge in [0.2, 0.25) is 0 Å². The van der Waals surface area contributed by atoms with E-state index in [0.29, 0.717) is 0 Å². The van der Waals surface area contributed by atoms with Crippen LogP contribution in [-0.4, -0.2) is 14.2 Å². The molecule has 0 aliphatic carbocycles. The summed E-state index contributed by atoms with van der Waals surface area (Å²) in [7, 11) is 3.42. The van der Waals surface area contributed by atoms with E-state index < -0.39 is 0 Å². The predicted octanol–water partition coefficient (Wildman–Crippen LogP) is 0.774. The molecule has 0 aliphatic heterocycles. The smallest absolute Gasteiger partial charge is 0.135 e. The fourth-order valence-electron chi connectivity index (χ4n) is 0.483. The average molecular weight is 142 g/mol. The third kappa shape index (κ3) is 3.97. The molecule has 0 aromatic carbocycles. The molecule has 0 aliphatic rings. The van der Waals surface area contributed by atoms with Crippen LogP contribution in [0.5, 0.6) is 0 Å². The minimum atomic E-state index is 0.789. The molecule has 0 aromatic heterocycles. The maximum absolute atomic E-state index is 4.96. The normalized spacial score (nSPS) is 12.1. The molecule has 0 saturated carbocycles. The number of hydrogen-bond acceptors (Lipinski definition) is 3. The van der Waals surface area contributed by atoms with Crippen LogP contribution in [0.3, 0.4) is 0 Å². The van der Waals surface area contributed by atoms with Crippen molar-refractivity contribution in [2.24, 2.45) is 0 Å². The molecular weight excluding hydrogens is 128 g/mol. The lowest BCUT2D eigenvalue weighted by Gasteiger charge is -2.00. The molecule has 3 nitrogen and oxygen atoms in total. The van der Waals surface area contributed by atoms with E-state index in [2.05, 4.69) is 10.9 Å². The van der Waals surface area contributed by atoms with Gasteiger partial charge in [0.15, 0.2) is 0 Å². The second-order valence-corrected chi connectivity index (χ2v) is 1.65. The van der Waals surface area contributed by atoms with Crippen molar-refractivity contribution < 1.29 is 4.74 Å². The Balaban J connectivity index is 3.78. The fraction of sp³-hybridized carbons (Fsp3) is 0.429. The van der Waals surface area contributed by atoms with Crippen molar-refractivity contribution in [1.82, 2.24) is 10.9 Å². The second-order valence-electron chi connectivity index (χ2n) is 1.65. The van der Waals surface area contributed by atoms with E-state index >= 15 is 0 Å². The monoisotopic (exact) mass is 142 g/mol. The number of methoxy groups -OCH3 is 1. The quantitative estimate of drug-likeness (QED) is 0.345. The Bertz CT molecular complexity index is 130. The maximum atomic E-state index is 4.96. The van der Waals surface area contributed by atoms with Crippen molar-refractivity contribution in [2.45, 2.75) is 6.92 Å². The van der Waals surface area contributed by atoms with Gasteiger partial charge in [-0.25, -0.2) is 5.43 Å². The van der Waals surface area contributed by atoms with Crippen LogP contribution < -0.4 is 10.9 Å². The third-order valence-corrected chi connectivity index (χ3v) is 0.925. The molecule has 0 rings (SSSR count). The number of ether oxygens (including phenoxy) is 1. The predicted molar refractivity (Wildman–Crippen MR) is 42.1 cm³/mol. The van der Waals surface area contributed by atoms with Crippen LogP contribution in [0.2, 0.25) is 0 Å². The van der Waals surface area contributed by atoms with Crippen LogP contribution in [0, 0.1) is 0 Å². The number of hydrazine groups is 1. The van der Waals surface area contributed by atoms with Gasteiger partial charge in [-0.2, -0.15) is 0 Å². The molecule has 0 amide bonds. The minimum Gasteiger partial charge on any atom is -0.495 e. The van der Waals surface area contributed by atoms with Crippen molar-refractivity contribution in [3.8, 4) is 0 Å². The standard InChI is InChI=1S/C7H14N2O/c1-4-5-7(10-3)6-9-8-2/h4-6,8-9H,1-3H3/b5-4+,7-6+. The molecule has 3 heteroatoms. The van der Waals surface area contributed by atoms with Crippen molar-refractivity contribution in [1.29, 1.82) is 0 Å². The molecule has 0 spiro atoms. The molecule has 0 aromatic rings. The molecule has 0 fully saturated rings. The molecular formula is C7H14N2O. The highest BCUT2D eigenvalue weighted by atomic mass is 16.5. The van der Waals surface area contributed by atoms with Gasteiger partial charge >= 0.3 is 0 Å². The van der Waals surface area contributed by atoms with Crippen molar-refractivity contribution >= 4 is 0 Å². The summed E-state index contributed by atoms with van der Waals surface area (Å²) in [6.45, 7) is 1.94. The number of rotatable bonds is 4. The summed E-state index contributed by atoms with van der Waals surface area (Å²) >= 11 is 0. The molecule has 0 saturated heterocycles. The van der Waals surface area contributed by atoms with Gasteiger partial charge in [0, 0.05) is 7.05 Å². The van der Waals surface area contributed by atoms with Gasteiger partial charge in [-0.3, -0.25) is 0 Å². The Morgan fingerprint density at radius 1 is 1.50 bits per heavy atom. The molecule has 0 atom stereocenters. The first-order valence-electron chi connectivity index (χ1n) is 3.14. The van der Waals surface area contributed by atoms with Gasteiger partial charge in [0.25, 0.3) is 0 Å². The van der Waals surface area contributed by atoms with Crippen LogP contribution in [-0.2, 0) is 4.74 Å². The van der Waals surface area contributed by atoms with Crippen LogP contribution in [0.1, 0.15) is 6.92 Å². The zero-order valence-electron chi connectivity index (χ0n) is 6.64. The molecule has 0 unspecified atom stereocenters. The molecule has 0 radical (unpaired) electrons. The second kappa shape index (κ2) is 6.16. The van der Waals surface area contributed by atoms with E-state index in [0.717, 1.165) is 5.76 Å². The molecule has 0 bridgehead atoms. The molecule has 58 valence electrons. The van der Waals surface area contributed by atoms with E-state index in [1.807, 2.05) is 19.1 Å². The summed E-state index contributed by atoms with van der Waals surface area (Å²) in [6, 6.07) is 0. The highest BCUT2D eigenvalue weighted by Gasteiger charge is 1.83. The van der Waals surface area contributed by atoms with Crippen LogP contribution in [0.4, 0.5) is 0 Å². The minimum absolute atomic E-state index is 0.789. The van der Waals surface area contributed by atoms with Gasteiger partial charge in [-0.05, 0) is 13.0 Å². The first kappa shape index (κ1) is 9.04. The Kier molecular flexibility index (Phi) is 5.57. The van der Waals surface area contributed by atoms with Crippen molar-refractivity contribution in [2.75, 3.05) is 14.2 Å². The van der Waals surface area contributed by atoms with E-state index in [9.17, 15) is 0 Å². The Labute approximate surface area is 61.7 Å². The third-order valence-electron chi connectivity index (χ3n) is 0.925. The lowest BCUT2D eigenvalue weighted by molar-refractivity contribution is 0.303. The summed E-state index contributed by atoms with van der Waals surface area (Å²) in [5, 5.41) is 0. The van der Waals surface area contributed by atoms with E-state index in [-0.39, 0.29) is 0 Å². The summed E-state index contributed by atoms with van der Waals surface area (Å²) < 4.78 is 4.96. The average Bonchev–Trinajstić information content (AvgIpc) is 1.98. The number of hydrogen-bond donors (Lipinski definition) is 2. The number of allylic oxidation sites excluding steroid dienone is 2. The first-order valence-corrected chi connectivity index (χ1v) is 3.14. The highest BCUT2D eigenvalue weighted by Crippen LogP contribution is 1.93. The van der Waals surface area contributed by atoms with Crippen LogP contribution in [0.25, 0.3) is 0 Å². The highest BCUT2D eigenvalue weighted by molar-refractivity contribution is 5.09. The zero-order valence-corrected chi connectivity index (χ0v) is 6.64. The molecule has 10 heavy (non-hydrogen) atoms. The van der Waals surface area contributed by atoms with Gasteiger partial charge in [-0.15, -0.1) is 0 Å². The SMILES string of the molecule is C/C=C/C(=C\NNC)OC. The van der Waals surface area contributed by atoms with E-state index in [1.54, 1.807) is 20.4 Å². The van der Waals surface area contributed by atoms with E-state index in [1.165, 1.54) is 0 Å². The topological polar surface area (TPSA) is 33.3 Å².